The van der Waals surface area contributed by atoms with Gasteiger partial charge >= 0.3 is 5.97 Å². The number of fused-ring (bicyclic) bond motifs is 1. The van der Waals surface area contributed by atoms with Crippen LogP contribution >= 0.6 is 45.2 Å². The highest BCUT2D eigenvalue weighted by molar-refractivity contribution is 14.1. The molecule has 4 N–H and O–H groups in total. The third-order valence-corrected chi connectivity index (χ3v) is 17.8. The first-order valence-electron chi connectivity index (χ1n) is 28.7. The molecule has 9 unspecified atom stereocenters. The highest BCUT2D eigenvalue weighted by Gasteiger charge is 2.48. The largest absolute Gasteiger partial charge is 0.450 e. The summed E-state index contributed by atoms with van der Waals surface area (Å²) in [4.78, 5) is 140. The molecule has 3 aromatic carbocycles. The number of aldehydes is 1. The number of carbonyl (C=O) groups excluding carboxylic acids is 9. The highest BCUT2D eigenvalue weighted by atomic mass is 127. The Morgan fingerprint density at radius 1 is 0.675 bits per heavy atom. The number of ether oxygens (including phenoxy) is 1. The van der Waals surface area contributed by atoms with Crippen molar-refractivity contribution >= 4 is 98.8 Å². The summed E-state index contributed by atoms with van der Waals surface area (Å²) in [6, 6.07) is 12.5. The van der Waals surface area contributed by atoms with E-state index in [1.807, 2.05) is 76.2 Å². The van der Waals surface area contributed by atoms with Gasteiger partial charge in [0.1, 0.15) is 36.5 Å². The van der Waals surface area contributed by atoms with E-state index in [0.717, 1.165) is 28.8 Å². The molecule has 3 aromatic rings. The normalized spacial score (nSPS) is 26.7. The first-order valence-corrected chi connectivity index (χ1v) is 30.9. The molecule has 0 aliphatic carbocycles. The summed E-state index contributed by atoms with van der Waals surface area (Å²) in [5.41, 5.74) is -0.129. The lowest BCUT2D eigenvalue weighted by Crippen LogP contribution is -2.62. The van der Waals surface area contributed by atoms with Crippen LogP contribution in [0.4, 0.5) is 0 Å². The first kappa shape index (κ1) is 68.3. The Labute approximate surface area is 517 Å². The van der Waals surface area contributed by atoms with E-state index < -0.39 is 125 Å². The SMILES string of the molecule is CCC(C)C1NC(=O)C2CCCN2C(C=O)C(Cc2cccc(I)c2)N(C)C(=O)C(Cc2cccc(I)c2)NC(=O)[C@H](c2ccccc2)N(C)C(=O)C([C@H](C)CC)OC(=O)C(C(C)(C)O)N(C)C(=O)C(CC(C)C)NC(=O)[C@H](C)N(C)C1=O. The van der Waals surface area contributed by atoms with E-state index in [9.17, 15) is 33.9 Å². The predicted molar refractivity (Wildman–Crippen MR) is 333 cm³/mol. The van der Waals surface area contributed by atoms with Gasteiger partial charge in [-0.05, 0) is 157 Å². The number of esters is 1. The summed E-state index contributed by atoms with van der Waals surface area (Å²) >= 11 is 4.37. The van der Waals surface area contributed by atoms with E-state index in [1.54, 1.807) is 56.1 Å². The van der Waals surface area contributed by atoms with Gasteiger partial charge in [0, 0.05) is 47.7 Å². The van der Waals surface area contributed by atoms with Crippen molar-refractivity contribution in [2.24, 2.45) is 17.8 Å². The molecule has 19 nitrogen and oxygen atoms in total. The van der Waals surface area contributed by atoms with Gasteiger partial charge < -0.3 is 50.2 Å². The maximum atomic E-state index is 15.7. The summed E-state index contributed by atoms with van der Waals surface area (Å²) in [6.07, 6.45) is 0.988. The van der Waals surface area contributed by atoms with Gasteiger partial charge in [-0.2, -0.15) is 0 Å². The molecule has 0 radical (unpaired) electrons. The first-order chi connectivity index (χ1) is 39.1. The lowest BCUT2D eigenvalue weighted by molar-refractivity contribution is -0.177. The van der Waals surface area contributed by atoms with Crippen molar-refractivity contribution in [3.8, 4) is 0 Å². The second kappa shape index (κ2) is 30.5. The number of amides is 7. The average Bonchev–Trinajstić information content (AvgIpc) is 3.78. The minimum atomic E-state index is -1.99. The molecule has 7 amide bonds. The van der Waals surface area contributed by atoms with Crippen molar-refractivity contribution in [1.82, 2.24) is 40.4 Å². The van der Waals surface area contributed by atoms with Crippen LogP contribution < -0.4 is 16.0 Å². The fourth-order valence-electron chi connectivity index (χ4n) is 11.1. The lowest BCUT2D eigenvalue weighted by Gasteiger charge is -2.41. The van der Waals surface area contributed by atoms with Crippen LogP contribution in [-0.4, -0.2) is 178 Å². The monoisotopic (exact) mass is 1370 g/mol. The Bertz CT molecular complexity index is 2780. The van der Waals surface area contributed by atoms with Crippen LogP contribution in [-0.2, 0) is 60.7 Å². The number of rotatable bonds is 13. The van der Waals surface area contributed by atoms with Gasteiger partial charge in [0.25, 0.3) is 5.91 Å². The van der Waals surface area contributed by atoms with Gasteiger partial charge in [0.15, 0.2) is 12.1 Å². The minimum absolute atomic E-state index is 0.0176. The Morgan fingerprint density at radius 2 is 1.24 bits per heavy atom. The second-order valence-electron chi connectivity index (χ2n) is 23.5. The van der Waals surface area contributed by atoms with Crippen LogP contribution in [0.1, 0.15) is 117 Å². The number of hydrogen-bond donors (Lipinski definition) is 4. The van der Waals surface area contributed by atoms with Crippen LogP contribution in [0.5, 0.6) is 0 Å². The van der Waals surface area contributed by atoms with Gasteiger partial charge in [0.2, 0.25) is 35.4 Å². The zero-order chi connectivity index (χ0) is 61.8. The molecule has 5 rings (SSSR count). The molecular weight excluding hydrogens is 1290 g/mol. The number of benzene rings is 3. The number of aliphatic hydroxyl groups is 1. The van der Waals surface area contributed by atoms with Crippen LogP contribution in [0, 0.1) is 24.9 Å². The molecule has 2 aliphatic rings. The molecular formula is C62H86I2N8O11. The second-order valence-corrected chi connectivity index (χ2v) is 26.0. The number of carbonyl (C=O) groups is 9. The Morgan fingerprint density at radius 3 is 1.78 bits per heavy atom. The molecule has 2 fully saturated rings. The van der Waals surface area contributed by atoms with Crippen molar-refractivity contribution < 1.29 is 53.0 Å². The molecule has 454 valence electrons. The molecule has 0 spiro atoms. The van der Waals surface area contributed by atoms with Gasteiger partial charge in [-0.3, -0.25) is 38.5 Å². The van der Waals surface area contributed by atoms with Crippen molar-refractivity contribution in [3.05, 3.63) is 103 Å². The van der Waals surface area contributed by atoms with E-state index >= 15 is 14.4 Å². The molecule has 21 heteroatoms. The Hall–Kier alpha value is -5.53. The highest BCUT2D eigenvalue weighted by Crippen LogP contribution is 2.30. The summed E-state index contributed by atoms with van der Waals surface area (Å²) in [7, 11) is 5.70. The maximum Gasteiger partial charge on any atom is 0.332 e. The molecule has 0 aromatic heterocycles. The molecule has 2 heterocycles. The van der Waals surface area contributed by atoms with Gasteiger partial charge in [-0.15, -0.1) is 0 Å². The zero-order valence-corrected chi connectivity index (χ0v) is 54.6. The molecule has 2 saturated heterocycles. The maximum absolute atomic E-state index is 15.7. The standard InChI is InChI=1S/C62H86I2N8O11/c1-14-37(5)50-59(79)68(10)39(7)54(74)65-45(30-36(3)4)58(78)71(13)53(62(8,9)82)61(81)83-52(38(6)15-2)60(80)70(12)51(42-24-17-16-18-25-42)56(76)66-46(33-40-22-19-26-43(63)31-40)57(77)69(11)48(34-41-23-20-27-44(64)32-41)49(35-73)72-29-21-28-47(72)55(75)67-50/h16-20,22-27,31-32,35-39,45-53,82H,14-15,21,28-30,33-34H2,1-13H3,(H,65,74)(H,66,76)(H,67,75)/t37?,38-,39+,45?,46?,47?,48?,49?,50?,51+,52?,53?/m1/s1. The number of nitrogens with one attached hydrogen (secondary N) is 3. The Kier molecular flexibility index (Phi) is 25.1. The summed E-state index contributed by atoms with van der Waals surface area (Å²) < 4.78 is 7.93. The van der Waals surface area contributed by atoms with Gasteiger partial charge in [-0.25, -0.2) is 4.79 Å². The lowest BCUT2D eigenvalue weighted by atomic mass is 9.94. The quantitative estimate of drug-likeness (QED) is 0.0917. The molecule has 0 bridgehead atoms. The van der Waals surface area contributed by atoms with Gasteiger partial charge in [-0.1, -0.05) is 103 Å². The van der Waals surface area contributed by atoms with E-state index in [-0.39, 0.29) is 25.2 Å². The minimum Gasteiger partial charge on any atom is -0.450 e. The fourth-order valence-corrected chi connectivity index (χ4v) is 12.3. The average molecular weight is 1370 g/mol. The summed E-state index contributed by atoms with van der Waals surface area (Å²) in [5.74, 6) is -7.12. The van der Waals surface area contributed by atoms with E-state index in [1.165, 1.54) is 51.7 Å². The van der Waals surface area contributed by atoms with Crippen LogP contribution in [0.25, 0.3) is 0 Å². The van der Waals surface area contributed by atoms with Crippen LogP contribution in [0.2, 0.25) is 0 Å². The van der Waals surface area contributed by atoms with Crippen molar-refractivity contribution in [3.63, 3.8) is 0 Å². The number of likely N-dealkylation sites (N-methyl/N-ethyl adjacent to an activating group) is 4. The number of nitrogens with zero attached hydrogens (tertiary/aromatic N) is 5. The van der Waals surface area contributed by atoms with E-state index in [2.05, 4.69) is 61.1 Å². The molecule has 0 saturated carbocycles. The van der Waals surface area contributed by atoms with Crippen molar-refractivity contribution in [1.29, 1.82) is 0 Å². The molecule has 12 atom stereocenters. The van der Waals surface area contributed by atoms with E-state index in [4.69, 9.17) is 4.74 Å². The molecule has 2 aliphatic heterocycles. The van der Waals surface area contributed by atoms with Crippen molar-refractivity contribution in [2.75, 3.05) is 34.7 Å². The smallest absolute Gasteiger partial charge is 0.332 e. The topological polar surface area (TPSA) is 235 Å². The van der Waals surface area contributed by atoms with Crippen LogP contribution in [0.15, 0.2) is 78.9 Å². The summed E-state index contributed by atoms with van der Waals surface area (Å²) in [5, 5.41) is 20.6. The fraction of sp³-hybridized carbons (Fsp3) is 0.565. The summed E-state index contributed by atoms with van der Waals surface area (Å²) in [6.45, 7) is 15.3. The number of halogens is 2. The van der Waals surface area contributed by atoms with Crippen LogP contribution in [0.3, 0.4) is 0 Å². The molecule has 83 heavy (non-hydrogen) atoms. The predicted octanol–water partition coefficient (Wildman–Crippen LogP) is 5.70. The third kappa shape index (κ3) is 17.3. The third-order valence-electron chi connectivity index (χ3n) is 16.4. The van der Waals surface area contributed by atoms with Gasteiger partial charge in [0.05, 0.1) is 23.7 Å². The Balaban J connectivity index is 1.75. The number of cyclic esters (lactones) is 1. The van der Waals surface area contributed by atoms with Crippen molar-refractivity contribution in [2.45, 2.75) is 173 Å². The van der Waals surface area contributed by atoms with E-state index in [0.29, 0.717) is 43.4 Å². The number of hydrogen-bond acceptors (Lipinski definition) is 12. The zero-order valence-electron chi connectivity index (χ0n) is 50.3.